The molecule has 1 unspecified atom stereocenters. The third-order valence-corrected chi connectivity index (χ3v) is 5.93. The van der Waals surface area contributed by atoms with Crippen molar-refractivity contribution in [2.24, 2.45) is 5.92 Å². The highest BCUT2D eigenvalue weighted by molar-refractivity contribution is 4.62. The van der Waals surface area contributed by atoms with Gasteiger partial charge in [0.05, 0.1) is 0 Å². The van der Waals surface area contributed by atoms with Gasteiger partial charge >= 0.3 is 0 Å². The van der Waals surface area contributed by atoms with Crippen LogP contribution in [0.4, 0.5) is 0 Å². The summed E-state index contributed by atoms with van der Waals surface area (Å²) in [6.07, 6.45) is 31.6. The Morgan fingerprint density at radius 3 is 0.885 bits per heavy atom. The Hall–Kier alpha value is 0. The first-order chi connectivity index (χ1) is 12.8. The Bertz CT molecular complexity index is 232. The van der Waals surface area contributed by atoms with Crippen molar-refractivity contribution in [1.82, 2.24) is 0 Å². The van der Waals surface area contributed by atoms with Gasteiger partial charge in [-0.2, -0.15) is 0 Å². The highest BCUT2D eigenvalue weighted by Crippen LogP contribution is 2.19. The Morgan fingerprint density at radius 2 is 0.615 bits per heavy atom. The molecule has 0 aliphatic heterocycles. The Balaban J connectivity index is 3.12. The van der Waals surface area contributed by atoms with Crippen LogP contribution in [0.1, 0.15) is 155 Å². The number of rotatable bonds is 22. The van der Waals surface area contributed by atoms with Crippen molar-refractivity contribution in [2.75, 3.05) is 0 Å². The summed E-state index contributed by atoms with van der Waals surface area (Å²) in [5.74, 6) is 0.720. The summed E-state index contributed by atoms with van der Waals surface area (Å²) in [4.78, 5) is 0. The third kappa shape index (κ3) is 22.0. The molecule has 0 spiro atoms. The molecule has 0 amide bonds. The molecule has 0 aromatic carbocycles. The van der Waals surface area contributed by atoms with Crippen molar-refractivity contribution >= 4 is 0 Å². The minimum atomic E-state index is 0.720. The van der Waals surface area contributed by atoms with Gasteiger partial charge in [0.15, 0.2) is 0 Å². The molecular weight excluding hydrogens is 312 g/mol. The highest BCUT2D eigenvalue weighted by atomic mass is 14.1. The predicted molar refractivity (Wildman–Crippen MR) is 122 cm³/mol. The molecule has 0 aromatic heterocycles. The van der Waals surface area contributed by atoms with Gasteiger partial charge in [0, 0.05) is 0 Å². The van der Waals surface area contributed by atoms with Gasteiger partial charge in [-0.05, 0) is 5.92 Å². The molecular formula is C26H53. The van der Waals surface area contributed by atoms with E-state index in [-0.39, 0.29) is 0 Å². The van der Waals surface area contributed by atoms with Gasteiger partial charge < -0.3 is 0 Å². The Morgan fingerprint density at radius 1 is 0.385 bits per heavy atom. The molecule has 0 nitrogen and oxygen atoms in total. The maximum atomic E-state index is 4.39. The second-order valence-electron chi connectivity index (χ2n) is 8.81. The van der Waals surface area contributed by atoms with E-state index in [2.05, 4.69) is 20.8 Å². The average Bonchev–Trinajstić information content (AvgIpc) is 2.64. The van der Waals surface area contributed by atoms with Crippen LogP contribution in [0.2, 0.25) is 0 Å². The summed E-state index contributed by atoms with van der Waals surface area (Å²) in [6, 6.07) is 0. The third-order valence-electron chi connectivity index (χ3n) is 5.93. The number of hydrogen-bond acceptors (Lipinski definition) is 0. The van der Waals surface area contributed by atoms with Crippen LogP contribution >= 0.6 is 0 Å². The minimum Gasteiger partial charge on any atom is -0.0654 e. The number of unbranched alkanes of at least 4 members (excludes halogenated alkanes) is 18. The summed E-state index contributed by atoms with van der Waals surface area (Å²) in [5.41, 5.74) is 0. The van der Waals surface area contributed by atoms with Crippen LogP contribution in [-0.2, 0) is 0 Å². The standard InChI is InChI=1S/C26H53/c1-4-6-8-10-12-14-15-17-19-21-23-25-26(3)24-22-20-18-16-13-11-9-7-5-2/h26H,3-25H2,1-2H3. The van der Waals surface area contributed by atoms with Gasteiger partial charge in [-0.15, -0.1) is 0 Å². The molecule has 0 fully saturated rings. The maximum Gasteiger partial charge on any atom is -0.0414 e. The fourth-order valence-electron chi connectivity index (χ4n) is 3.99. The monoisotopic (exact) mass is 365 g/mol. The second-order valence-corrected chi connectivity index (χ2v) is 8.81. The van der Waals surface area contributed by atoms with Crippen molar-refractivity contribution in [3.05, 3.63) is 6.92 Å². The molecule has 0 aliphatic carbocycles. The lowest BCUT2D eigenvalue weighted by Gasteiger charge is -2.11. The first kappa shape index (κ1) is 26.0. The summed E-state index contributed by atoms with van der Waals surface area (Å²) in [6.45, 7) is 8.98. The van der Waals surface area contributed by atoms with Crippen molar-refractivity contribution in [2.45, 2.75) is 155 Å². The van der Waals surface area contributed by atoms with Gasteiger partial charge in [0.2, 0.25) is 0 Å². The molecule has 0 saturated heterocycles. The van der Waals surface area contributed by atoms with E-state index >= 15 is 0 Å². The van der Waals surface area contributed by atoms with Crippen LogP contribution in [0.25, 0.3) is 0 Å². The van der Waals surface area contributed by atoms with Crippen LogP contribution in [0.5, 0.6) is 0 Å². The van der Waals surface area contributed by atoms with Crippen LogP contribution in [-0.4, -0.2) is 0 Å². The fourth-order valence-corrected chi connectivity index (χ4v) is 3.99. The lowest BCUT2D eigenvalue weighted by Crippen LogP contribution is -1.95. The normalized spacial score (nSPS) is 12.6. The fraction of sp³-hybridized carbons (Fsp3) is 0.962. The van der Waals surface area contributed by atoms with Crippen molar-refractivity contribution in [3.8, 4) is 0 Å². The SMILES string of the molecule is [CH2]C(CCCCCCCCCCC)CCCCCCCCCCCCC. The van der Waals surface area contributed by atoms with Gasteiger partial charge in [0.1, 0.15) is 0 Å². The Labute approximate surface area is 168 Å². The van der Waals surface area contributed by atoms with E-state index in [1.54, 1.807) is 0 Å². The van der Waals surface area contributed by atoms with Gasteiger partial charge in [-0.3, -0.25) is 0 Å². The van der Waals surface area contributed by atoms with Crippen LogP contribution in [0.3, 0.4) is 0 Å². The first-order valence-electron chi connectivity index (χ1n) is 12.6. The largest absolute Gasteiger partial charge is 0.0654 e. The quantitative estimate of drug-likeness (QED) is 0.167. The van der Waals surface area contributed by atoms with E-state index < -0.39 is 0 Å². The number of hydrogen-bond donors (Lipinski definition) is 0. The molecule has 0 heterocycles. The summed E-state index contributed by atoms with van der Waals surface area (Å²) >= 11 is 0. The molecule has 0 N–H and O–H groups in total. The van der Waals surface area contributed by atoms with E-state index in [4.69, 9.17) is 0 Å². The molecule has 1 radical (unpaired) electrons. The lowest BCUT2D eigenvalue weighted by atomic mass is 9.95. The van der Waals surface area contributed by atoms with Gasteiger partial charge in [-0.25, -0.2) is 0 Å². The molecule has 0 heteroatoms. The molecule has 0 aromatic rings. The first-order valence-corrected chi connectivity index (χ1v) is 12.6. The Kier molecular flexibility index (Phi) is 23.0. The van der Waals surface area contributed by atoms with E-state index in [9.17, 15) is 0 Å². The van der Waals surface area contributed by atoms with Crippen LogP contribution in [0.15, 0.2) is 0 Å². The van der Waals surface area contributed by atoms with E-state index in [1.165, 1.54) is 141 Å². The molecule has 157 valence electrons. The second kappa shape index (κ2) is 23.0. The van der Waals surface area contributed by atoms with E-state index in [1.807, 2.05) is 0 Å². The summed E-state index contributed by atoms with van der Waals surface area (Å²) in [7, 11) is 0. The molecule has 0 aliphatic rings. The zero-order valence-electron chi connectivity index (χ0n) is 18.8. The molecule has 0 saturated carbocycles. The van der Waals surface area contributed by atoms with Crippen LogP contribution in [0, 0.1) is 12.8 Å². The van der Waals surface area contributed by atoms with Crippen molar-refractivity contribution in [3.63, 3.8) is 0 Å². The molecule has 0 rings (SSSR count). The van der Waals surface area contributed by atoms with E-state index in [0.717, 1.165) is 5.92 Å². The maximum absolute atomic E-state index is 4.39. The van der Waals surface area contributed by atoms with Gasteiger partial charge in [0.25, 0.3) is 0 Å². The zero-order valence-corrected chi connectivity index (χ0v) is 18.8. The summed E-state index contributed by atoms with van der Waals surface area (Å²) < 4.78 is 0. The molecule has 0 bridgehead atoms. The average molecular weight is 366 g/mol. The van der Waals surface area contributed by atoms with Crippen molar-refractivity contribution in [1.29, 1.82) is 0 Å². The molecule has 1 atom stereocenters. The smallest absolute Gasteiger partial charge is 0.0414 e. The van der Waals surface area contributed by atoms with Gasteiger partial charge in [-0.1, -0.05) is 162 Å². The molecule has 26 heavy (non-hydrogen) atoms. The zero-order chi connectivity index (χ0) is 19.1. The summed E-state index contributed by atoms with van der Waals surface area (Å²) in [5, 5.41) is 0. The van der Waals surface area contributed by atoms with E-state index in [0.29, 0.717) is 0 Å². The highest BCUT2D eigenvalue weighted by Gasteiger charge is 2.02. The van der Waals surface area contributed by atoms with Crippen molar-refractivity contribution < 1.29 is 0 Å². The predicted octanol–water partition coefficient (Wildman–Crippen LogP) is 10.1. The minimum absolute atomic E-state index is 0.720. The van der Waals surface area contributed by atoms with Crippen LogP contribution < -0.4 is 0 Å². The lowest BCUT2D eigenvalue weighted by molar-refractivity contribution is 0.459. The topological polar surface area (TPSA) is 0 Å².